The summed E-state index contributed by atoms with van der Waals surface area (Å²) >= 11 is 0. The molecule has 0 spiro atoms. The topological polar surface area (TPSA) is 350 Å². The number of carbonyl (C=O) groups is 7. The van der Waals surface area contributed by atoms with E-state index in [-0.39, 0.29) is 91.6 Å². The lowest BCUT2D eigenvalue weighted by molar-refractivity contribution is -0.241. The maximum Gasteiger partial charge on any atom is 0.409 e. The lowest BCUT2D eigenvalue weighted by Gasteiger charge is -2.69. The van der Waals surface area contributed by atoms with Gasteiger partial charge >= 0.3 is 12.2 Å². The molecule has 24 heteroatoms. The molecule has 0 radical (unpaired) electrons. The first-order valence-electron chi connectivity index (χ1n) is 30.4. The predicted molar refractivity (Wildman–Crippen MR) is 312 cm³/mol. The third kappa shape index (κ3) is 12.5. The van der Waals surface area contributed by atoms with E-state index in [1.807, 2.05) is 25.1 Å². The summed E-state index contributed by atoms with van der Waals surface area (Å²) in [7, 11) is 3.05. The Bertz CT molecular complexity index is 3010. The maximum atomic E-state index is 14.5. The normalized spacial score (nSPS) is 34.4. The van der Waals surface area contributed by atoms with Crippen LogP contribution in [0.5, 0.6) is 5.75 Å². The van der Waals surface area contributed by atoms with Crippen molar-refractivity contribution in [3.8, 4) is 5.75 Å². The van der Waals surface area contributed by atoms with Gasteiger partial charge in [0.25, 0.3) is 0 Å². The van der Waals surface area contributed by atoms with Gasteiger partial charge in [0.2, 0.25) is 24.0 Å². The molecule has 2 aliphatic heterocycles. The van der Waals surface area contributed by atoms with Crippen LogP contribution in [0.2, 0.25) is 0 Å². The molecule has 0 aromatic heterocycles. The zero-order chi connectivity index (χ0) is 62.4. The predicted octanol–water partition coefficient (Wildman–Crippen LogP) is 2.95. The number of aliphatic hydroxyl groups excluding tert-OH is 4. The van der Waals surface area contributed by atoms with E-state index in [1.54, 1.807) is 19.2 Å². The van der Waals surface area contributed by atoms with Crippen molar-refractivity contribution in [2.45, 2.75) is 165 Å². The number of rotatable bonds is 23. The van der Waals surface area contributed by atoms with E-state index >= 15 is 0 Å². The van der Waals surface area contributed by atoms with Crippen molar-refractivity contribution in [1.82, 2.24) is 20.4 Å². The molecule has 474 valence electrons. The van der Waals surface area contributed by atoms with Crippen molar-refractivity contribution < 1.29 is 82.4 Å². The third-order valence-corrected chi connectivity index (χ3v) is 20.1. The standard InChI is InChI=1S/C63H85N7O17/c1-35(72)67-43(8-6-7-20-64)54(79)66-21-18-50(76)68-44-24-37(11-16-46(44)84-56-53(78)52(77)45(74)31-82-56)30-83-57(80)69(4)22-23-70(5)58(81)85-47-28-60(3)42(41-15-14-39-25-40(73)17-19-59(39,2)51(41)47)26-49-63(60,48(75)29-71)87-55(86-49)38-12-9-36(10-13-38)27-61-32-62(65,33-61)34-61/h9-13,16-17,19,24-25,41-43,45,47,49,51-53,55-56,71,74,77-78H,6-8,14-15,18,20-23,26-34,64-65H2,1-5H3,(H,66,79)(H,67,72)(H,68,76)/t41-,42-,43-,45+,47-,49+,51+,52-,53+,55+,56-,59-,60-,61?,62?,63+/m0/s1. The van der Waals surface area contributed by atoms with Crippen molar-refractivity contribution in [3.05, 3.63) is 83.0 Å². The monoisotopic (exact) mass is 1210 g/mol. The number of likely N-dealkylation sites (N-methyl/N-ethyl adjacent to an activating group) is 2. The number of nitrogens with zero attached hydrogens (tertiary/aromatic N) is 2. The molecule has 0 unspecified atom stereocenters. The van der Waals surface area contributed by atoms with E-state index in [4.69, 9.17) is 39.9 Å². The van der Waals surface area contributed by atoms with Gasteiger partial charge in [-0.1, -0.05) is 55.8 Å². The van der Waals surface area contributed by atoms with Gasteiger partial charge in [-0.15, -0.1) is 0 Å². The van der Waals surface area contributed by atoms with Gasteiger partial charge in [0.05, 0.1) is 18.4 Å². The van der Waals surface area contributed by atoms with Crippen LogP contribution in [0.4, 0.5) is 15.3 Å². The summed E-state index contributed by atoms with van der Waals surface area (Å²) in [6.45, 7) is 4.27. The lowest BCUT2D eigenvalue weighted by atomic mass is 9.38. The van der Waals surface area contributed by atoms with Crippen LogP contribution in [0.25, 0.3) is 0 Å². The molecule has 2 aromatic rings. The van der Waals surface area contributed by atoms with Crippen LogP contribution in [0.15, 0.2) is 66.3 Å². The first-order chi connectivity index (χ1) is 41.3. The summed E-state index contributed by atoms with van der Waals surface area (Å²) in [6.07, 6.45) is 2.65. The number of nitrogens with two attached hydrogens (primary N) is 2. The molecule has 2 aromatic carbocycles. The van der Waals surface area contributed by atoms with Crippen molar-refractivity contribution in [2.24, 2.45) is 45.5 Å². The first kappa shape index (κ1) is 63.7. The highest BCUT2D eigenvalue weighted by molar-refractivity contribution is 6.01. The summed E-state index contributed by atoms with van der Waals surface area (Å²) in [5, 5.41) is 49.7. The summed E-state index contributed by atoms with van der Waals surface area (Å²) in [5.41, 5.74) is 12.3. The summed E-state index contributed by atoms with van der Waals surface area (Å²) in [4.78, 5) is 96.1. The quantitative estimate of drug-likeness (QED) is 0.0722. The molecule has 24 nitrogen and oxygen atoms in total. The van der Waals surface area contributed by atoms with Gasteiger partial charge < -0.3 is 86.1 Å². The average molecular weight is 1210 g/mol. The molecule has 14 atom stereocenters. The fraction of sp³-hybridized carbons (Fsp3) is 0.635. The number of anilines is 1. The first-order valence-corrected chi connectivity index (χ1v) is 30.4. The van der Waals surface area contributed by atoms with Crippen LogP contribution in [0.1, 0.15) is 114 Å². The second-order valence-corrected chi connectivity index (χ2v) is 26.2. The number of carbonyl (C=O) groups excluding carboxylic acids is 7. The Morgan fingerprint density at radius 2 is 1.64 bits per heavy atom. The minimum absolute atomic E-state index is 0.00313. The van der Waals surface area contributed by atoms with E-state index in [0.717, 1.165) is 36.8 Å². The number of nitrogens with one attached hydrogen (secondary N) is 3. The minimum atomic E-state index is -1.67. The molecule has 5 amide bonds. The van der Waals surface area contributed by atoms with Crippen molar-refractivity contribution in [2.75, 3.05) is 58.8 Å². The van der Waals surface area contributed by atoms with E-state index in [1.165, 1.54) is 47.5 Å². The highest BCUT2D eigenvalue weighted by atomic mass is 16.7. The average Bonchev–Trinajstić information content (AvgIpc) is 1.64. The van der Waals surface area contributed by atoms with Gasteiger partial charge in [-0.2, -0.15) is 0 Å². The van der Waals surface area contributed by atoms with Crippen LogP contribution in [-0.4, -0.2) is 179 Å². The van der Waals surface area contributed by atoms with Crippen molar-refractivity contribution >= 4 is 47.2 Å². The number of ether oxygens (including phenoxy) is 6. The molecule has 87 heavy (non-hydrogen) atoms. The number of Topliss-reactive ketones (excluding diaryl/α,β-unsaturated/α-hetero) is 1. The van der Waals surface area contributed by atoms with Crippen LogP contribution in [0, 0.1) is 34.0 Å². The van der Waals surface area contributed by atoms with Crippen molar-refractivity contribution in [3.63, 3.8) is 0 Å². The van der Waals surface area contributed by atoms with Gasteiger partial charge in [-0.05, 0) is 130 Å². The highest BCUT2D eigenvalue weighted by Gasteiger charge is 2.76. The zero-order valence-electron chi connectivity index (χ0n) is 50.2. The molecule has 8 fully saturated rings. The Balaban J connectivity index is 0.788. The van der Waals surface area contributed by atoms with E-state index in [2.05, 4.69) is 35.0 Å². The summed E-state index contributed by atoms with van der Waals surface area (Å²) < 4.78 is 37.4. The number of hydrogen-bond acceptors (Lipinski definition) is 19. The summed E-state index contributed by atoms with van der Waals surface area (Å²) in [5.74, 6) is -2.63. The summed E-state index contributed by atoms with van der Waals surface area (Å²) in [6, 6.07) is 11.7. The maximum absolute atomic E-state index is 14.5. The Morgan fingerprint density at radius 3 is 2.33 bits per heavy atom. The van der Waals surface area contributed by atoms with E-state index in [9.17, 15) is 54.0 Å². The third-order valence-electron chi connectivity index (χ3n) is 20.1. The molecule has 11 N–H and O–H groups in total. The minimum Gasteiger partial charge on any atom is -0.460 e. The van der Waals surface area contributed by atoms with Gasteiger partial charge in [0.15, 0.2) is 23.5 Å². The fourth-order valence-electron chi connectivity index (χ4n) is 15.9. The molecule has 7 aliphatic carbocycles. The number of aliphatic hydroxyl groups is 4. The number of hydrogen-bond donors (Lipinski definition) is 9. The number of fused-ring (bicyclic) bond motifs is 7. The second-order valence-electron chi connectivity index (χ2n) is 26.2. The van der Waals surface area contributed by atoms with Gasteiger partial charge in [-0.3, -0.25) is 24.0 Å². The Labute approximate surface area is 506 Å². The molecule has 2 saturated heterocycles. The number of ketones is 2. The fourth-order valence-corrected chi connectivity index (χ4v) is 15.9. The number of benzene rings is 2. The number of unbranched alkanes of at least 4 members (excludes halogenated alkanes) is 1. The smallest absolute Gasteiger partial charge is 0.409 e. The molecular weight excluding hydrogens is 1130 g/mol. The molecule has 2 heterocycles. The van der Waals surface area contributed by atoms with Crippen LogP contribution in [-0.2, 0) is 60.7 Å². The molecule has 11 rings (SSSR count). The zero-order valence-corrected chi connectivity index (χ0v) is 50.2. The second kappa shape index (κ2) is 25.3. The molecule has 2 bridgehead atoms. The molecular formula is C63H85N7O17. The van der Waals surface area contributed by atoms with Gasteiger partial charge in [0, 0.05) is 74.9 Å². The van der Waals surface area contributed by atoms with E-state index in [0.29, 0.717) is 50.6 Å². The number of allylic oxidation sites excluding steroid dienone is 4. The van der Waals surface area contributed by atoms with Gasteiger partial charge in [-0.25, -0.2) is 9.59 Å². The molecule has 9 aliphatic rings. The van der Waals surface area contributed by atoms with Crippen molar-refractivity contribution in [1.29, 1.82) is 0 Å². The molecule has 6 saturated carbocycles. The van der Waals surface area contributed by atoms with Crippen LogP contribution < -0.4 is 32.2 Å². The highest BCUT2D eigenvalue weighted by Crippen LogP contribution is 2.71. The number of amides is 5. The Hall–Kier alpha value is -6.35. The Kier molecular flexibility index (Phi) is 18.5. The SMILES string of the molecule is CC(=O)N[C@@H](CCCCN)C(=O)NCCC(=O)Nc1cc(COC(=O)N(C)CCN(C)C(=O)O[C@H]2C[C@@]3(C)[C@@H](C[C@H]4O[C@@H](c5ccc(CC67CC(N)(C6)C7)cc5)O[C@]43C(=O)CO)[C@@H]3CCC4=CC(=O)C=C[C@]4(C)[C@H]32)ccc1O[C@@H]1OC[C@@H](O)[C@H](O)[C@H]1O. The van der Waals surface area contributed by atoms with Gasteiger partial charge in [0.1, 0.15) is 49.4 Å². The van der Waals surface area contributed by atoms with Crippen LogP contribution in [0.3, 0.4) is 0 Å². The van der Waals surface area contributed by atoms with E-state index < -0.39 is 108 Å². The Morgan fingerprint density at radius 1 is 0.931 bits per heavy atom. The lowest BCUT2D eigenvalue weighted by Crippen LogP contribution is -2.72. The van der Waals surface area contributed by atoms with Crippen LogP contribution >= 0.6 is 0 Å². The largest absolute Gasteiger partial charge is 0.460 e.